The van der Waals surface area contributed by atoms with E-state index < -0.39 is 22.5 Å². The third-order valence-corrected chi connectivity index (χ3v) is 5.53. The first kappa shape index (κ1) is 19.2. The Bertz CT molecular complexity index is 898. The average Bonchev–Trinajstić information content (AvgIpc) is 2.56. The maximum atomic E-state index is 12.3. The molecule has 0 aliphatic carbocycles. The van der Waals surface area contributed by atoms with Crippen molar-refractivity contribution < 1.29 is 17.9 Å². The van der Waals surface area contributed by atoms with Gasteiger partial charge in [0.15, 0.2) is 0 Å². The first-order chi connectivity index (χ1) is 11.7. The standard InChI is InChI=1S/C17H19ClN2O4S/c1-11-6-4-5-7-16(11)25(22,23)19-10-17(21)20-14-8-12(2)13(18)9-15(14)24-3/h4-9,19H,10H2,1-3H3,(H,20,21). The van der Waals surface area contributed by atoms with Crippen LogP contribution in [-0.4, -0.2) is 28.0 Å². The van der Waals surface area contributed by atoms with E-state index in [2.05, 4.69) is 10.0 Å². The summed E-state index contributed by atoms with van der Waals surface area (Å²) < 4.78 is 32.1. The highest BCUT2D eigenvalue weighted by molar-refractivity contribution is 7.89. The molecule has 25 heavy (non-hydrogen) atoms. The van der Waals surface area contributed by atoms with Crippen LogP contribution in [0.25, 0.3) is 0 Å². The van der Waals surface area contributed by atoms with Gasteiger partial charge in [0.05, 0.1) is 24.2 Å². The number of aryl methyl sites for hydroxylation is 2. The van der Waals surface area contributed by atoms with Crippen molar-refractivity contribution in [2.75, 3.05) is 19.0 Å². The number of rotatable bonds is 6. The summed E-state index contributed by atoms with van der Waals surface area (Å²) in [7, 11) is -2.32. The summed E-state index contributed by atoms with van der Waals surface area (Å²) in [5.74, 6) is -0.122. The van der Waals surface area contributed by atoms with Gasteiger partial charge < -0.3 is 10.1 Å². The van der Waals surface area contributed by atoms with Crippen LogP contribution in [-0.2, 0) is 14.8 Å². The van der Waals surface area contributed by atoms with Crippen LogP contribution in [0.5, 0.6) is 5.75 Å². The molecule has 0 aliphatic rings. The molecule has 2 aromatic rings. The van der Waals surface area contributed by atoms with Crippen LogP contribution in [0.3, 0.4) is 0 Å². The Labute approximate surface area is 152 Å². The highest BCUT2D eigenvalue weighted by Crippen LogP contribution is 2.30. The normalized spacial score (nSPS) is 11.2. The molecule has 0 radical (unpaired) electrons. The van der Waals surface area contributed by atoms with E-state index in [1.807, 2.05) is 0 Å². The largest absolute Gasteiger partial charge is 0.495 e. The van der Waals surface area contributed by atoms with Crippen LogP contribution >= 0.6 is 11.6 Å². The number of carbonyl (C=O) groups is 1. The smallest absolute Gasteiger partial charge is 0.241 e. The summed E-state index contributed by atoms with van der Waals surface area (Å²) in [5, 5.41) is 3.13. The van der Waals surface area contributed by atoms with Crippen molar-refractivity contribution in [2.45, 2.75) is 18.7 Å². The SMILES string of the molecule is COc1cc(Cl)c(C)cc1NC(=O)CNS(=O)(=O)c1ccccc1C. The van der Waals surface area contributed by atoms with Gasteiger partial charge in [-0.3, -0.25) is 4.79 Å². The number of ether oxygens (including phenoxy) is 1. The van der Waals surface area contributed by atoms with Gasteiger partial charge in [0.25, 0.3) is 0 Å². The molecule has 1 amide bonds. The molecule has 0 bridgehead atoms. The van der Waals surface area contributed by atoms with Crippen molar-refractivity contribution in [3.63, 3.8) is 0 Å². The van der Waals surface area contributed by atoms with Crippen molar-refractivity contribution in [3.05, 3.63) is 52.5 Å². The van der Waals surface area contributed by atoms with Crippen molar-refractivity contribution in [1.29, 1.82) is 0 Å². The van der Waals surface area contributed by atoms with Crippen LogP contribution in [0.1, 0.15) is 11.1 Å². The first-order valence-electron chi connectivity index (χ1n) is 7.44. The van der Waals surface area contributed by atoms with Gasteiger partial charge >= 0.3 is 0 Å². The number of halogens is 1. The lowest BCUT2D eigenvalue weighted by Crippen LogP contribution is -2.33. The molecule has 0 unspecified atom stereocenters. The molecule has 0 atom stereocenters. The monoisotopic (exact) mass is 382 g/mol. The lowest BCUT2D eigenvalue weighted by molar-refractivity contribution is -0.115. The van der Waals surface area contributed by atoms with E-state index in [1.54, 1.807) is 44.2 Å². The number of hydrogen-bond acceptors (Lipinski definition) is 4. The van der Waals surface area contributed by atoms with Crippen LogP contribution in [0, 0.1) is 13.8 Å². The molecule has 2 N–H and O–H groups in total. The Morgan fingerprint density at radius 1 is 1.16 bits per heavy atom. The molecular weight excluding hydrogens is 364 g/mol. The van der Waals surface area contributed by atoms with Crippen LogP contribution < -0.4 is 14.8 Å². The number of carbonyl (C=O) groups excluding carboxylic acids is 1. The lowest BCUT2D eigenvalue weighted by atomic mass is 10.2. The Balaban J connectivity index is 2.09. The maximum absolute atomic E-state index is 12.3. The number of benzene rings is 2. The molecule has 0 fully saturated rings. The second kappa shape index (κ2) is 7.86. The summed E-state index contributed by atoms with van der Waals surface area (Å²) in [5.41, 5.74) is 1.79. The number of methoxy groups -OCH3 is 1. The van der Waals surface area contributed by atoms with Crippen LogP contribution in [0.15, 0.2) is 41.3 Å². The summed E-state index contributed by atoms with van der Waals surface area (Å²) in [6.45, 7) is 3.08. The van der Waals surface area contributed by atoms with E-state index in [-0.39, 0.29) is 4.90 Å². The quantitative estimate of drug-likeness (QED) is 0.804. The van der Waals surface area contributed by atoms with Gasteiger partial charge in [0.2, 0.25) is 15.9 Å². The summed E-state index contributed by atoms with van der Waals surface area (Å²) in [6, 6.07) is 9.80. The van der Waals surface area contributed by atoms with Crippen molar-refractivity contribution in [2.24, 2.45) is 0 Å². The molecule has 0 heterocycles. The molecule has 2 aromatic carbocycles. The summed E-state index contributed by atoms with van der Waals surface area (Å²) in [4.78, 5) is 12.3. The van der Waals surface area contributed by atoms with Gasteiger partial charge in [-0.05, 0) is 37.1 Å². The molecule has 134 valence electrons. The van der Waals surface area contributed by atoms with Gasteiger partial charge in [-0.2, -0.15) is 0 Å². The maximum Gasteiger partial charge on any atom is 0.241 e. The zero-order valence-corrected chi connectivity index (χ0v) is 15.7. The fourth-order valence-electron chi connectivity index (χ4n) is 2.22. The third kappa shape index (κ3) is 4.72. The van der Waals surface area contributed by atoms with Gasteiger partial charge in [0.1, 0.15) is 5.75 Å². The minimum atomic E-state index is -3.77. The van der Waals surface area contributed by atoms with E-state index in [4.69, 9.17) is 16.3 Å². The predicted molar refractivity (Wildman–Crippen MR) is 97.7 cm³/mol. The van der Waals surface area contributed by atoms with Crippen molar-refractivity contribution in [3.8, 4) is 5.75 Å². The van der Waals surface area contributed by atoms with Crippen molar-refractivity contribution in [1.82, 2.24) is 4.72 Å². The Hall–Kier alpha value is -2.09. The first-order valence-corrected chi connectivity index (χ1v) is 9.30. The Morgan fingerprint density at radius 3 is 2.48 bits per heavy atom. The van der Waals surface area contributed by atoms with E-state index in [9.17, 15) is 13.2 Å². The molecule has 8 heteroatoms. The second-order valence-electron chi connectivity index (χ2n) is 5.44. The minimum Gasteiger partial charge on any atom is -0.495 e. The van der Waals surface area contributed by atoms with Gasteiger partial charge in [-0.1, -0.05) is 29.8 Å². The molecule has 0 aliphatic heterocycles. The minimum absolute atomic E-state index is 0.141. The molecule has 0 saturated carbocycles. The third-order valence-electron chi connectivity index (χ3n) is 3.56. The number of nitrogens with one attached hydrogen (secondary N) is 2. The Morgan fingerprint density at radius 2 is 1.84 bits per heavy atom. The fraction of sp³-hybridized carbons (Fsp3) is 0.235. The van der Waals surface area contributed by atoms with E-state index in [0.29, 0.717) is 22.0 Å². The highest BCUT2D eigenvalue weighted by Gasteiger charge is 2.18. The lowest BCUT2D eigenvalue weighted by Gasteiger charge is -2.13. The van der Waals surface area contributed by atoms with E-state index in [0.717, 1.165) is 5.56 Å². The zero-order valence-electron chi connectivity index (χ0n) is 14.1. The molecule has 0 aromatic heterocycles. The molecule has 0 spiro atoms. The predicted octanol–water partition coefficient (Wildman–Crippen LogP) is 2.88. The van der Waals surface area contributed by atoms with E-state index >= 15 is 0 Å². The molecule has 0 saturated heterocycles. The average molecular weight is 383 g/mol. The number of sulfonamides is 1. The summed E-state index contributed by atoms with van der Waals surface area (Å²) in [6.07, 6.45) is 0. The molecular formula is C17H19ClN2O4S. The fourth-order valence-corrected chi connectivity index (χ4v) is 3.60. The summed E-state index contributed by atoms with van der Waals surface area (Å²) >= 11 is 6.02. The highest BCUT2D eigenvalue weighted by atomic mass is 35.5. The van der Waals surface area contributed by atoms with E-state index in [1.165, 1.54) is 13.2 Å². The Kier molecular flexibility index (Phi) is 6.05. The molecule has 2 rings (SSSR count). The number of hydrogen-bond donors (Lipinski definition) is 2. The van der Waals surface area contributed by atoms with Gasteiger partial charge in [-0.15, -0.1) is 0 Å². The molecule has 6 nitrogen and oxygen atoms in total. The zero-order chi connectivity index (χ0) is 18.6. The number of amides is 1. The van der Waals surface area contributed by atoms with Crippen LogP contribution in [0.2, 0.25) is 5.02 Å². The van der Waals surface area contributed by atoms with Crippen molar-refractivity contribution >= 4 is 33.2 Å². The van der Waals surface area contributed by atoms with Crippen LogP contribution in [0.4, 0.5) is 5.69 Å². The topological polar surface area (TPSA) is 84.5 Å². The van der Waals surface area contributed by atoms with Gasteiger partial charge in [0, 0.05) is 11.1 Å². The van der Waals surface area contributed by atoms with Gasteiger partial charge in [-0.25, -0.2) is 13.1 Å². The second-order valence-corrected chi connectivity index (χ2v) is 7.58. The number of anilines is 1.